The van der Waals surface area contributed by atoms with Gasteiger partial charge in [-0.1, -0.05) is 30.1 Å². The van der Waals surface area contributed by atoms with E-state index in [1.54, 1.807) is 0 Å². The van der Waals surface area contributed by atoms with Crippen LogP contribution in [0.3, 0.4) is 0 Å². The van der Waals surface area contributed by atoms with Crippen molar-refractivity contribution < 1.29 is 13.5 Å². The monoisotopic (exact) mass is 352 g/mol. The Bertz CT molecular complexity index is 614. The van der Waals surface area contributed by atoms with Crippen LogP contribution >= 0.6 is 23.2 Å². The summed E-state index contributed by atoms with van der Waals surface area (Å²) in [5.41, 5.74) is 0.315. The van der Waals surface area contributed by atoms with Crippen molar-refractivity contribution >= 4 is 33.2 Å². The number of benzene rings is 1. The molecular formula is C13H18Cl2N2O3S. The number of halogens is 2. The van der Waals surface area contributed by atoms with E-state index in [0.717, 1.165) is 6.54 Å². The second-order valence-corrected chi connectivity index (χ2v) is 7.59. The quantitative estimate of drug-likeness (QED) is 0.897. The number of hydrogen-bond donors (Lipinski definition) is 1. The molecule has 5 nitrogen and oxygen atoms in total. The van der Waals surface area contributed by atoms with Crippen LogP contribution in [0.1, 0.15) is 12.5 Å². The van der Waals surface area contributed by atoms with Crippen molar-refractivity contribution in [2.75, 3.05) is 32.7 Å². The van der Waals surface area contributed by atoms with Gasteiger partial charge in [-0.25, -0.2) is 8.42 Å². The van der Waals surface area contributed by atoms with Crippen molar-refractivity contribution in [3.8, 4) is 0 Å². The normalized spacial score (nSPS) is 18.1. The van der Waals surface area contributed by atoms with E-state index in [2.05, 4.69) is 4.90 Å². The second kappa shape index (κ2) is 6.81. The number of aliphatic hydroxyl groups is 1. The summed E-state index contributed by atoms with van der Waals surface area (Å²) in [5.74, 6) is 0. The minimum absolute atomic E-state index is 0.0364. The van der Waals surface area contributed by atoms with Gasteiger partial charge in [0.15, 0.2) is 0 Å². The summed E-state index contributed by atoms with van der Waals surface area (Å²) in [4.78, 5) is 2.15. The molecule has 21 heavy (non-hydrogen) atoms. The topological polar surface area (TPSA) is 60.9 Å². The molecule has 1 saturated heterocycles. The summed E-state index contributed by atoms with van der Waals surface area (Å²) < 4.78 is 26.8. The van der Waals surface area contributed by atoms with Crippen molar-refractivity contribution in [1.29, 1.82) is 0 Å². The fraction of sp³-hybridized carbons (Fsp3) is 0.538. The van der Waals surface area contributed by atoms with E-state index in [0.29, 0.717) is 31.7 Å². The molecule has 0 bridgehead atoms. The molecule has 0 atom stereocenters. The van der Waals surface area contributed by atoms with Gasteiger partial charge in [0.1, 0.15) is 4.90 Å². The highest BCUT2D eigenvalue weighted by molar-refractivity contribution is 7.89. The van der Waals surface area contributed by atoms with Gasteiger partial charge in [-0.3, -0.25) is 0 Å². The number of likely N-dealkylation sites (N-methyl/N-ethyl adjacent to an activating group) is 1. The second-order valence-electron chi connectivity index (χ2n) is 4.87. The molecule has 0 radical (unpaired) electrons. The van der Waals surface area contributed by atoms with Crippen LogP contribution in [0.15, 0.2) is 17.0 Å². The molecule has 1 aromatic carbocycles. The van der Waals surface area contributed by atoms with Crippen LogP contribution < -0.4 is 0 Å². The van der Waals surface area contributed by atoms with E-state index in [-0.39, 0.29) is 21.5 Å². The van der Waals surface area contributed by atoms with Gasteiger partial charge in [0.05, 0.1) is 11.6 Å². The third-order valence-corrected chi connectivity index (χ3v) is 6.35. The predicted octanol–water partition coefficient (Wildman–Crippen LogP) is 1.81. The molecule has 118 valence electrons. The zero-order valence-corrected chi connectivity index (χ0v) is 14.0. The van der Waals surface area contributed by atoms with Crippen molar-refractivity contribution in [2.24, 2.45) is 0 Å². The summed E-state index contributed by atoms with van der Waals surface area (Å²) >= 11 is 12.0. The Labute approximate surface area is 135 Å². The maximum Gasteiger partial charge on any atom is 0.244 e. The van der Waals surface area contributed by atoms with Crippen LogP contribution in [0.4, 0.5) is 0 Å². The van der Waals surface area contributed by atoms with E-state index < -0.39 is 10.0 Å². The highest BCUT2D eigenvalue weighted by Gasteiger charge is 2.30. The van der Waals surface area contributed by atoms with Crippen molar-refractivity contribution in [1.82, 2.24) is 9.21 Å². The highest BCUT2D eigenvalue weighted by Crippen LogP contribution is 2.31. The maximum atomic E-state index is 12.7. The van der Waals surface area contributed by atoms with E-state index in [9.17, 15) is 13.5 Å². The fourth-order valence-corrected chi connectivity index (χ4v) is 4.67. The lowest BCUT2D eigenvalue weighted by molar-refractivity contribution is 0.196. The van der Waals surface area contributed by atoms with Crippen molar-refractivity contribution in [3.05, 3.63) is 27.7 Å². The Hall–Kier alpha value is -0.370. The van der Waals surface area contributed by atoms with Crippen LogP contribution in [0, 0.1) is 0 Å². The lowest BCUT2D eigenvalue weighted by Gasteiger charge is -2.33. The molecule has 8 heteroatoms. The van der Waals surface area contributed by atoms with E-state index in [4.69, 9.17) is 23.2 Å². The largest absolute Gasteiger partial charge is 0.392 e. The Balaban J connectivity index is 2.34. The molecule has 0 aliphatic carbocycles. The Morgan fingerprint density at radius 1 is 1.19 bits per heavy atom. The van der Waals surface area contributed by atoms with Crippen LogP contribution in [-0.2, 0) is 16.6 Å². The van der Waals surface area contributed by atoms with Gasteiger partial charge < -0.3 is 10.0 Å². The Kier molecular flexibility index (Phi) is 5.51. The number of piperazine rings is 1. The summed E-state index contributed by atoms with van der Waals surface area (Å²) in [6.07, 6.45) is 0. The minimum Gasteiger partial charge on any atom is -0.392 e. The number of rotatable bonds is 4. The molecule has 1 aromatic rings. The average Bonchev–Trinajstić information content (AvgIpc) is 2.49. The number of sulfonamides is 1. The van der Waals surface area contributed by atoms with Crippen LogP contribution in [-0.4, -0.2) is 55.5 Å². The summed E-state index contributed by atoms with van der Waals surface area (Å²) in [6.45, 7) is 4.83. The first kappa shape index (κ1) is 17.0. The molecule has 0 amide bonds. The Morgan fingerprint density at radius 2 is 1.81 bits per heavy atom. The summed E-state index contributed by atoms with van der Waals surface area (Å²) in [7, 11) is -3.70. The van der Waals surface area contributed by atoms with Gasteiger partial charge >= 0.3 is 0 Å². The van der Waals surface area contributed by atoms with Gasteiger partial charge in [0, 0.05) is 31.2 Å². The third kappa shape index (κ3) is 3.52. The standard InChI is InChI=1S/C13H18Cl2N2O3S/c1-2-16-3-5-17(6-4-16)21(19,20)12-8-11(14)7-10(9-18)13(12)15/h7-8,18H,2-6,9H2,1H3. The molecule has 0 saturated carbocycles. The predicted molar refractivity (Wildman–Crippen MR) is 83.3 cm³/mol. The van der Waals surface area contributed by atoms with Crippen LogP contribution in [0.2, 0.25) is 10.0 Å². The average molecular weight is 353 g/mol. The van der Waals surface area contributed by atoms with Gasteiger partial charge in [-0.15, -0.1) is 0 Å². The summed E-state index contributed by atoms with van der Waals surface area (Å²) in [5, 5.41) is 9.54. The SMILES string of the molecule is CCN1CCN(S(=O)(=O)c2cc(Cl)cc(CO)c2Cl)CC1. The molecule has 1 aliphatic rings. The molecule has 0 unspecified atom stereocenters. The highest BCUT2D eigenvalue weighted by atomic mass is 35.5. The van der Waals surface area contributed by atoms with Gasteiger partial charge in [-0.05, 0) is 24.2 Å². The Morgan fingerprint density at radius 3 is 2.33 bits per heavy atom. The third-order valence-electron chi connectivity index (χ3n) is 3.65. The molecule has 1 heterocycles. The summed E-state index contributed by atoms with van der Waals surface area (Å²) in [6, 6.07) is 2.81. The van der Waals surface area contributed by atoms with Crippen LogP contribution in [0.25, 0.3) is 0 Å². The number of aliphatic hydroxyl groups excluding tert-OH is 1. The zero-order valence-electron chi connectivity index (χ0n) is 11.7. The first-order chi connectivity index (χ1) is 9.90. The zero-order chi connectivity index (χ0) is 15.6. The first-order valence-electron chi connectivity index (χ1n) is 6.71. The minimum atomic E-state index is -3.70. The molecule has 1 fully saturated rings. The smallest absolute Gasteiger partial charge is 0.244 e. The molecule has 1 aliphatic heterocycles. The number of hydrogen-bond acceptors (Lipinski definition) is 4. The van der Waals surface area contributed by atoms with Gasteiger partial charge in [0.25, 0.3) is 0 Å². The molecule has 0 aromatic heterocycles. The van der Waals surface area contributed by atoms with E-state index in [1.807, 2.05) is 6.92 Å². The molecule has 0 spiro atoms. The van der Waals surface area contributed by atoms with E-state index >= 15 is 0 Å². The lowest BCUT2D eigenvalue weighted by Crippen LogP contribution is -2.48. The fourth-order valence-electron chi connectivity index (χ4n) is 2.35. The first-order valence-corrected chi connectivity index (χ1v) is 8.91. The van der Waals surface area contributed by atoms with E-state index in [1.165, 1.54) is 16.4 Å². The van der Waals surface area contributed by atoms with Crippen LogP contribution in [0.5, 0.6) is 0 Å². The maximum absolute atomic E-state index is 12.7. The van der Waals surface area contributed by atoms with Crippen molar-refractivity contribution in [3.63, 3.8) is 0 Å². The molecular weight excluding hydrogens is 335 g/mol. The van der Waals surface area contributed by atoms with Gasteiger partial charge in [0.2, 0.25) is 10.0 Å². The van der Waals surface area contributed by atoms with Gasteiger partial charge in [-0.2, -0.15) is 4.31 Å². The number of nitrogens with zero attached hydrogens (tertiary/aromatic N) is 2. The molecule has 1 N–H and O–H groups in total. The lowest BCUT2D eigenvalue weighted by atomic mass is 10.2. The molecule has 2 rings (SSSR count). The van der Waals surface area contributed by atoms with Crippen molar-refractivity contribution in [2.45, 2.75) is 18.4 Å².